The van der Waals surface area contributed by atoms with Crippen molar-refractivity contribution in [2.75, 3.05) is 10.8 Å². The van der Waals surface area contributed by atoms with E-state index in [1.54, 1.807) is 66.7 Å². The Balaban J connectivity index is 1.82. The molecule has 0 aliphatic carbocycles. The van der Waals surface area contributed by atoms with Crippen LogP contribution in [0.1, 0.15) is 31.9 Å². The topological polar surface area (TPSA) is 86.8 Å². The molecule has 1 N–H and O–H groups in total. The highest BCUT2D eigenvalue weighted by Crippen LogP contribution is 2.28. The minimum absolute atomic E-state index is 0.00865. The summed E-state index contributed by atoms with van der Waals surface area (Å²) in [6.45, 7) is 5.04. The van der Waals surface area contributed by atoms with E-state index >= 15 is 0 Å². The van der Waals surface area contributed by atoms with Gasteiger partial charge >= 0.3 is 0 Å². The second kappa shape index (κ2) is 14.4. The monoisotopic (exact) mass is 695 g/mol. The molecular weight excluding hydrogens is 662 g/mol. The molecule has 0 aliphatic heterocycles. The number of carbonyl (C=O) groups is 2. The highest BCUT2D eigenvalue weighted by molar-refractivity contribution is 9.10. The first-order valence-electron chi connectivity index (χ1n) is 14.1. The molecule has 0 saturated heterocycles. The van der Waals surface area contributed by atoms with Crippen molar-refractivity contribution in [3.05, 3.63) is 130 Å². The van der Waals surface area contributed by atoms with E-state index in [1.807, 2.05) is 51.1 Å². The minimum Gasteiger partial charge on any atom is -0.350 e. The second-order valence-corrected chi connectivity index (χ2v) is 14.5. The fourth-order valence-electron chi connectivity index (χ4n) is 4.70. The average molecular weight is 697 g/mol. The Morgan fingerprint density at radius 3 is 2.09 bits per heavy atom. The summed E-state index contributed by atoms with van der Waals surface area (Å²) in [5.41, 5.74) is 1.20. The molecule has 0 heterocycles. The predicted octanol–water partition coefficient (Wildman–Crippen LogP) is 6.85. The van der Waals surface area contributed by atoms with E-state index in [2.05, 4.69) is 21.2 Å². The predicted molar refractivity (Wildman–Crippen MR) is 179 cm³/mol. The normalized spacial score (nSPS) is 12.3. The van der Waals surface area contributed by atoms with Crippen LogP contribution in [-0.2, 0) is 32.6 Å². The minimum atomic E-state index is -4.18. The van der Waals surface area contributed by atoms with Crippen molar-refractivity contribution in [3.63, 3.8) is 0 Å². The molecule has 2 amide bonds. The SMILES string of the molecule is CC(C)(C)NC(=O)C(Cc1ccccc1)N(Cc1ccccc1Cl)C(=O)CN(c1cccc(Br)c1)S(=O)(=O)c1ccccc1. The number of carbonyl (C=O) groups excluding carboxylic acids is 2. The number of benzene rings is 4. The number of nitrogens with one attached hydrogen (secondary N) is 1. The Kier molecular flexibility index (Phi) is 10.9. The summed E-state index contributed by atoms with van der Waals surface area (Å²) >= 11 is 9.97. The molecule has 0 aromatic heterocycles. The van der Waals surface area contributed by atoms with Crippen molar-refractivity contribution < 1.29 is 18.0 Å². The molecule has 4 aromatic rings. The van der Waals surface area contributed by atoms with Gasteiger partial charge in [-0.25, -0.2) is 8.42 Å². The molecule has 4 rings (SSSR count). The Hall–Kier alpha value is -3.66. The number of hydrogen-bond donors (Lipinski definition) is 1. The quantitative estimate of drug-likeness (QED) is 0.186. The number of halogens is 2. The summed E-state index contributed by atoms with van der Waals surface area (Å²) in [4.78, 5) is 29.9. The smallest absolute Gasteiger partial charge is 0.264 e. The van der Waals surface area contributed by atoms with Crippen LogP contribution in [0.2, 0.25) is 5.02 Å². The lowest BCUT2D eigenvalue weighted by molar-refractivity contribution is -0.140. The van der Waals surface area contributed by atoms with E-state index in [1.165, 1.54) is 17.0 Å². The largest absolute Gasteiger partial charge is 0.350 e. The van der Waals surface area contributed by atoms with Crippen LogP contribution in [0, 0.1) is 0 Å². The Bertz CT molecular complexity index is 1700. The second-order valence-electron chi connectivity index (χ2n) is 11.4. The van der Waals surface area contributed by atoms with Gasteiger partial charge in [-0.1, -0.05) is 100 Å². The van der Waals surface area contributed by atoms with Gasteiger partial charge in [0.15, 0.2) is 0 Å². The number of anilines is 1. The van der Waals surface area contributed by atoms with Gasteiger partial charge in [-0.3, -0.25) is 13.9 Å². The molecule has 4 aromatic carbocycles. The lowest BCUT2D eigenvalue weighted by Crippen LogP contribution is -2.56. The zero-order chi connectivity index (χ0) is 31.9. The van der Waals surface area contributed by atoms with E-state index in [9.17, 15) is 18.0 Å². The number of nitrogens with zero attached hydrogens (tertiary/aromatic N) is 2. The van der Waals surface area contributed by atoms with Gasteiger partial charge in [0, 0.05) is 28.0 Å². The van der Waals surface area contributed by atoms with Gasteiger partial charge in [-0.2, -0.15) is 0 Å². The third-order valence-electron chi connectivity index (χ3n) is 6.77. The third kappa shape index (κ3) is 8.71. The van der Waals surface area contributed by atoms with Gasteiger partial charge < -0.3 is 10.2 Å². The van der Waals surface area contributed by atoms with Gasteiger partial charge in [-0.05, 0) is 68.3 Å². The molecule has 10 heteroatoms. The zero-order valence-corrected chi connectivity index (χ0v) is 27.9. The van der Waals surface area contributed by atoms with Crippen LogP contribution in [0.15, 0.2) is 119 Å². The Morgan fingerprint density at radius 2 is 1.48 bits per heavy atom. The van der Waals surface area contributed by atoms with Crippen LogP contribution >= 0.6 is 27.5 Å². The van der Waals surface area contributed by atoms with Crippen molar-refractivity contribution in [2.45, 2.75) is 50.2 Å². The van der Waals surface area contributed by atoms with Crippen molar-refractivity contribution in [3.8, 4) is 0 Å². The first-order chi connectivity index (χ1) is 20.8. The fraction of sp³-hybridized carbons (Fsp3) is 0.235. The molecule has 0 bridgehead atoms. The molecule has 230 valence electrons. The lowest BCUT2D eigenvalue weighted by atomic mass is 10.0. The molecule has 44 heavy (non-hydrogen) atoms. The maximum Gasteiger partial charge on any atom is 0.264 e. The number of sulfonamides is 1. The molecule has 0 spiro atoms. The number of hydrogen-bond acceptors (Lipinski definition) is 4. The molecule has 1 atom stereocenters. The Morgan fingerprint density at radius 1 is 0.864 bits per heavy atom. The van der Waals surface area contributed by atoms with Crippen LogP contribution in [-0.4, -0.2) is 43.3 Å². The molecule has 0 saturated carbocycles. The van der Waals surface area contributed by atoms with E-state index in [-0.39, 0.29) is 23.8 Å². The van der Waals surface area contributed by atoms with Gasteiger partial charge in [0.05, 0.1) is 10.6 Å². The summed E-state index contributed by atoms with van der Waals surface area (Å²) in [7, 11) is -4.18. The highest BCUT2D eigenvalue weighted by atomic mass is 79.9. The number of rotatable bonds is 11. The van der Waals surface area contributed by atoms with E-state index < -0.39 is 34.1 Å². The van der Waals surface area contributed by atoms with Crippen LogP contribution in [0.5, 0.6) is 0 Å². The first-order valence-corrected chi connectivity index (χ1v) is 16.7. The molecule has 0 aliphatic rings. The molecular formula is C34H35BrClN3O4S. The summed E-state index contributed by atoms with van der Waals surface area (Å²) in [6.07, 6.45) is 0.210. The van der Waals surface area contributed by atoms with Crippen molar-refractivity contribution in [1.29, 1.82) is 0 Å². The van der Waals surface area contributed by atoms with Crippen LogP contribution in [0.4, 0.5) is 5.69 Å². The first kappa shape index (κ1) is 33.2. The molecule has 0 fully saturated rings. The standard InChI is InChI=1S/C34H35BrClN3O4S/c1-34(2,3)37-33(41)31(21-25-13-6-4-7-14-25)38(23-26-15-10-11-20-30(26)36)32(40)24-39(28-17-12-16-27(35)22-28)44(42,43)29-18-8-5-9-19-29/h4-20,22,31H,21,23-24H2,1-3H3,(H,37,41). The van der Waals surface area contributed by atoms with Gasteiger partial charge in [0.1, 0.15) is 12.6 Å². The van der Waals surface area contributed by atoms with Crippen molar-refractivity contribution in [1.82, 2.24) is 10.2 Å². The summed E-state index contributed by atoms with van der Waals surface area (Å²) in [5, 5.41) is 3.45. The van der Waals surface area contributed by atoms with Crippen LogP contribution in [0.25, 0.3) is 0 Å². The summed E-state index contributed by atoms with van der Waals surface area (Å²) in [6, 6.07) is 30.2. The average Bonchev–Trinajstić information content (AvgIpc) is 2.98. The molecule has 1 unspecified atom stereocenters. The van der Waals surface area contributed by atoms with Gasteiger partial charge in [-0.15, -0.1) is 0 Å². The maximum atomic E-state index is 14.5. The van der Waals surface area contributed by atoms with Crippen molar-refractivity contribution >= 4 is 55.1 Å². The van der Waals surface area contributed by atoms with E-state index in [0.29, 0.717) is 20.7 Å². The number of amides is 2. The summed E-state index contributed by atoms with van der Waals surface area (Å²) in [5.74, 6) is -0.920. The Labute approximate surface area is 273 Å². The highest BCUT2D eigenvalue weighted by Gasteiger charge is 2.35. The van der Waals surface area contributed by atoms with E-state index in [4.69, 9.17) is 11.6 Å². The van der Waals surface area contributed by atoms with Crippen LogP contribution < -0.4 is 9.62 Å². The lowest BCUT2D eigenvalue weighted by Gasteiger charge is -2.35. The third-order valence-corrected chi connectivity index (χ3v) is 9.42. The zero-order valence-electron chi connectivity index (χ0n) is 24.8. The van der Waals surface area contributed by atoms with Crippen LogP contribution in [0.3, 0.4) is 0 Å². The molecule has 7 nitrogen and oxygen atoms in total. The fourth-order valence-corrected chi connectivity index (χ4v) is 6.71. The maximum absolute atomic E-state index is 14.5. The van der Waals surface area contributed by atoms with Crippen molar-refractivity contribution in [2.24, 2.45) is 0 Å². The van der Waals surface area contributed by atoms with E-state index in [0.717, 1.165) is 9.87 Å². The van der Waals surface area contributed by atoms with Gasteiger partial charge in [0.2, 0.25) is 11.8 Å². The van der Waals surface area contributed by atoms with Gasteiger partial charge in [0.25, 0.3) is 10.0 Å². The molecule has 0 radical (unpaired) electrons. The summed E-state index contributed by atoms with van der Waals surface area (Å²) < 4.78 is 29.8.